The zero-order valence-electron chi connectivity index (χ0n) is 14.5. The topological polar surface area (TPSA) is 89.7 Å². The first-order valence-electron chi connectivity index (χ1n) is 8.25. The summed E-state index contributed by atoms with van der Waals surface area (Å²) >= 11 is 0. The molecule has 2 N–H and O–H groups in total. The van der Waals surface area contributed by atoms with Crippen molar-refractivity contribution < 1.29 is 22.3 Å². The van der Waals surface area contributed by atoms with Gasteiger partial charge in [-0.05, 0) is 35.9 Å². The lowest BCUT2D eigenvalue weighted by atomic mass is 10.1. The van der Waals surface area contributed by atoms with Crippen molar-refractivity contribution in [3.63, 3.8) is 0 Å². The molecule has 3 rings (SSSR count). The number of sulfone groups is 1. The molecule has 0 saturated carbocycles. The van der Waals surface area contributed by atoms with Crippen LogP contribution in [0.1, 0.15) is 15.9 Å². The van der Waals surface area contributed by atoms with Crippen LogP contribution in [-0.2, 0) is 16.4 Å². The van der Waals surface area contributed by atoms with E-state index in [4.69, 9.17) is 10.5 Å². The molecule has 0 radical (unpaired) electrons. The SMILES string of the molecule is NC/C(=C\F)COc1ccc(S(=O)(=O)CN2Cc3ccccc3C2=O)cc1. The highest BCUT2D eigenvalue weighted by Crippen LogP contribution is 2.25. The zero-order valence-corrected chi connectivity index (χ0v) is 15.3. The second-order valence-electron chi connectivity index (χ2n) is 6.14. The number of nitrogens with zero attached hydrogens (tertiary/aromatic N) is 1. The van der Waals surface area contributed by atoms with Gasteiger partial charge in [-0.2, -0.15) is 0 Å². The lowest BCUT2D eigenvalue weighted by Gasteiger charge is -2.16. The minimum atomic E-state index is -3.69. The summed E-state index contributed by atoms with van der Waals surface area (Å²) in [7, 11) is -3.69. The second kappa shape index (κ2) is 7.89. The van der Waals surface area contributed by atoms with Crippen LogP contribution < -0.4 is 10.5 Å². The molecule has 1 aliphatic rings. The molecule has 1 aliphatic heterocycles. The summed E-state index contributed by atoms with van der Waals surface area (Å²) in [6, 6.07) is 12.9. The monoisotopic (exact) mass is 390 g/mol. The van der Waals surface area contributed by atoms with Crippen LogP contribution in [0.2, 0.25) is 0 Å². The van der Waals surface area contributed by atoms with Crippen molar-refractivity contribution in [3.05, 3.63) is 71.6 Å². The number of benzene rings is 2. The summed E-state index contributed by atoms with van der Waals surface area (Å²) in [6.45, 7) is 0.293. The van der Waals surface area contributed by atoms with E-state index in [1.54, 1.807) is 12.1 Å². The quantitative estimate of drug-likeness (QED) is 0.783. The maximum atomic E-state index is 12.6. The van der Waals surface area contributed by atoms with Gasteiger partial charge in [0.1, 0.15) is 18.2 Å². The first-order chi connectivity index (χ1) is 12.9. The van der Waals surface area contributed by atoms with E-state index in [1.807, 2.05) is 12.1 Å². The molecule has 27 heavy (non-hydrogen) atoms. The molecule has 0 fully saturated rings. The predicted molar refractivity (Wildman–Crippen MR) is 98.6 cm³/mol. The van der Waals surface area contributed by atoms with Gasteiger partial charge in [0.2, 0.25) is 0 Å². The fourth-order valence-corrected chi connectivity index (χ4v) is 4.07. The van der Waals surface area contributed by atoms with Crippen molar-refractivity contribution in [2.75, 3.05) is 19.0 Å². The lowest BCUT2D eigenvalue weighted by Crippen LogP contribution is -2.30. The molecule has 1 heterocycles. The van der Waals surface area contributed by atoms with Crippen molar-refractivity contribution in [2.24, 2.45) is 5.73 Å². The number of amides is 1. The number of hydrogen-bond acceptors (Lipinski definition) is 5. The van der Waals surface area contributed by atoms with Gasteiger partial charge in [0.05, 0.1) is 11.2 Å². The van der Waals surface area contributed by atoms with Gasteiger partial charge in [0, 0.05) is 24.2 Å². The maximum Gasteiger partial charge on any atom is 0.255 e. The Hall–Kier alpha value is -2.71. The third-order valence-electron chi connectivity index (χ3n) is 4.25. The van der Waals surface area contributed by atoms with E-state index in [0.717, 1.165) is 5.56 Å². The van der Waals surface area contributed by atoms with Crippen molar-refractivity contribution in [3.8, 4) is 5.75 Å². The fraction of sp³-hybridized carbons (Fsp3) is 0.211. The standard InChI is InChI=1S/C19H19FN2O4S/c20-9-14(10-21)12-26-16-5-7-17(8-6-16)27(24,25)13-22-11-15-3-1-2-4-18(15)19(22)23/h1-9H,10-13,21H2/b14-9+. The molecule has 0 spiro atoms. The van der Waals surface area contributed by atoms with E-state index in [1.165, 1.54) is 29.2 Å². The molecule has 1 amide bonds. The van der Waals surface area contributed by atoms with Crippen LogP contribution in [0.15, 0.2) is 65.3 Å². The Bertz CT molecular complexity index is 971. The summed E-state index contributed by atoms with van der Waals surface area (Å²) in [4.78, 5) is 13.8. The lowest BCUT2D eigenvalue weighted by molar-refractivity contribution is 0.0804. The molecule has 2 aromatic carbocycles. The van der Waals surface area contributed by atoms with E-state index in [-0.39, 0.29) is 30.5 Å². The zero-order chi connectivity index (χ0) is 19.4. The molecule has 8 heteroatoms. The van der Waals surface area contributed by atoms with Crippen LogP contribution in [-0.4, -0.2) is 38.3 Å². The maximum absolute atomic E-state index is 12.6. The van der Waals surface area contributed by atoms with Gasteiger partial charge in [0.15, 0.2) is 9.84 Å². The molecule has 0 saturated heterocycles. The van der Waals surface area contributed by atoms with E-state index in [2.05, 4.69) is 0 Å². The van der Waals surface area contributed by atoms with E-state index >= 15 is 0 Å². The number of carbonyl (C=O) groups is 1. The highest BCUT2D eigenvalue weighted by Gasteiger charge is 2.30. The van der Waals surface area contributed by atoms with Gasteiger partial charge < -0.3 is 15.4 Å². The highest BCUT2D eigenvalue weighted by atomic mass is 32.2. The number of ether oxygens (including phenoxy) is 1. The third kappa shape index (κ3) is 4.17. The normalized spacial score (nSPS) is 14.4. The Labute approximate surface area is 157 Å². The van der Waals surface area contributed by atoms with Crippen molar-refractivity contribution in [1.29, 1.82) is 0 Å². The van der Waals surface area contributed by atoms with Crippen LogP contribution in [0.5, 0.6) is 5.75 Å². The third-order valence-corrected chi connectivity index (χ3v) is 5.89. The molecule has 2 aromatic rings. The summed E-state index contributed by atoms with van der Waals surface area (Å²) in [5, 5.41) is 0. The molecule has 0 bridgehead atoms. The molecule has 6 nitrogen and oxygen atoms in total. The van der Waals surface area contributed by atoms with E-state index in [9.17, 15) is 17.6 Å². The van der Waals surface area contributed by atoms with Crippen LogP contribution >= 0.6 is 0 Å². The van der Waals surface area contributed by atoms with Crippen molar-refractivity contribution in [1.82, 2.24) is 4.90 Å². The Balaban J connectivity index is 1.68. The molecular formula is C19H19FN2O4S. The second-order valence-corrected chi connectivity index (χ2v) is 8.09. The minimum absolute atomic E-state index is 0.0143. The van der Waals surface area contributed by atoms with Crippen LogP contribution in [0, 0.1) is 0 Å². The van der Waals surface area contributed by atoms with E-state index in [0.29, 0.717) is 23.2 Å². The van der Waals surface area contributed by atoms with Crippen LogP contribution in [0.3, 0.4) is 0 Å². The number of hydrogen-bond donors (Lipinski definition) is 1. The van der Waals surface area contributed by atoms with Gasteiger partial charge in [-0.25, -0.2) is 12.8 Å². The largest absolute Gasteiger partial charge is 0.489 e. The molecule has 142 valence electrons. The van der Waals surface area contributed by atoms with Gasteiger partial charge in [-0.1, -0.05) is 18.2 Å². The Morgan fingerprint density at radius 3 is 2.52 bits per heavy atom. The van der Waals surface area contributed by atoms with Gasteiger partial charge >= 0.3 is 0 Å². The summed E-state index contributed by atoms with van der Waals surface area (Å²) in [6.07, 6.45) is 0.393. The Morgan fingerprint density at radius 1 is 1.19 bits per heavy atom. The van der Waals surface area contributed by atoms with Gasteiger partial charge in [0.25, 0.3) is 5.91 Å². The number of halogens is 1. The van der Waals surface area contributed by atoms with Crippen LogP contribution in [0.25, 0.3) is 0 Å². The van der Waals surface area contributed by atoms with Crippen LogP contribution in [0.4, 0.5) is 4.39 Å². The molecule has 0 aliphatic carbocycles. The summed E-state index contributed by atoms with van der Waals surface area (Å²) in [5.41, 5.74) is 6.99. The molecule has 0 atom stereocenters. The highest BCUT2D eigenvalue weighted by molar-refractivity contribution is 7.91. The van der Waals surface area contributed by atoms with Crippen molar-refractivity contribution in [2.45, 2.75) is 11.4 Å². The smallest absolute Gasteiger partial charge is 0.255 e. The van der Waals surface area contributed by atoms with Gasteiger partial charge in [-0.3, -0.25) is 4.79 Å². The minimum Gasteiger partial charge on any atom is -0.489 e. The Morgan fingerprint density at radius 2 is 1.89 bits per heavy atom. The number of nitrogens with two attached hydrogens (primary N) is 1. The Kier molecular flexibility index (Phi) is 5.57. The van der Waals surface area contributed by atoms with Gasteiger partial charge in [-0.15, -0.1) is 0 Å². The first kappa shape index (κ1) is 19.1. The fourth-order valence-electron chi connectivity index (χ4n) is 2.75. The molecular weight excluding hydrogens is 371 g/mol. The number of rotatable bonds is 7. The van der Waals surface area contributed by atoms with Crippen molar-refractivity contribution >= 4 is 15.7 Å². The summed E-state index contributed by atoms with van der Waals surface area (Å²) < 4.78 is 43.1. The predicted octanol–water partition coefficient (Wildman–Crippen LogP) is 2.26. The first-order valence-corrected chi connectivity index (χ1v) is 9.91. The number of fused-ring (bicyclic) bond motifs is 1. The van der Waals surface area contributed by atoms with E-state index < -0.39 is 15.7 Å². The molecule has 0 unspecified atom stereocenters. The average molecular weight is 390 g/mol. The number of carbonyl (C=O) groups excluding carboxylic acids is 1. The molecule has 0 aromatic heterocycles. The summed E-state index contributed by atoms with van der Waals surface area (Å²) in [5.74, 6) is -0.296. The average Bonchev–Trinajstić information content (AvgIpc) is 2.98.